The molecular formula is C13H14F5NO. The highest BCUT2D eigenvalue weighted by Gasteiger charge is 2.47. The van der Waals surface area contributed by atoms with Crippen molar-refractivity contribution in [2.45, 2.75) is 33.2 Å². The summed E-state index contributed by atoms with van der Waals surface area (Å²) in [6.07, 6.45) is 0. The van der Waals surface area contributed by atoms with Gasteiger partial charge in [-0.1, -0.05) is 0 Å². The highest BCUT2D eigenvalue weighted by Crippen LogP contribution is 2.35. The minimum Gasteiger partial charge on any atom is -0.351 e. The van der Waals surface area contributed by atoms with Gasteiger partial charge in [0.05, 0.1) is 0 Å². The first-order valence-electron chi connectivity index (χ1n) is 5.76. The van der Waals surface area contributed by atoms with E-state index in [1.807, 2.05) is 5.32 Å². The first kappa shape index (κ1) is 16.4. The first-order valence-corrected chi connectivity index (χ1v) is 5.76. The average Bonchev–Trinajstić information content (AvgIpc) is 2.29. The molecule has 112 valence electrons. The zero-order valence-electron chi connectivity index (χ0n) is 11.2. The number of hydrogen-bond donors (Lipinski definition) is 1. The molecule has 0 saturated heterocycles. The minimum absolute atomic E-state index is 0.352. The van der Waals surface area contributed by atoms with E-state index in [0.717, 1.165) is 13.8 Å². The fraction of sp³-hybridized carbons (Fsp3) is 0.462. The van der Waals surface area contributed by atoms with Gasteiger partial charge in [-0.05, 0) is 19.9 Å². The minimum atomic E-state index is -3.30. The number of nitrogens with one attached hydrogen (secondary N) is 1. The molecular weight excluding hydrogens is 281 g/mol. The van der Waals surface area contributed by atoms with Crippen LogP contribution < -0.4 is 5.32 Å². The fourth-order valence-corrected chi connectivity index (χ4v) is 1.33. The van der Waals surface area contributed by atoms with Crippen LogP contribution in [0.2, 0.25) is 0 Å². The van der Waals surface area contributed by atoms with E-state index in [2.05, 4.69) is 0 Å². The number of rotatable bonds is 4. The average molecular weight is 295 g/mol. The smallest absolute Gasteiger partial charge is 0.259 e. The second-order valence-electron chi connectivity index (χ2n) is 5.06. The van der Waals surface area contributed by atoms with Crippen molar-refractivity contribution < 1.29 is 26.7 Å². The number of carbonyl (C=O) groups excluding carboxylic acids is 1. The van der Waals surface area contributed by atoms with Gasteiger partial charge in [0.15, 0.2) is 11.6 Å². The monoisotopic (exact) mass is 295 g/mol. The van der Waals surface area contributed by atoms with Crippen molar-refractivity contribution >= 4 is 5.91 Å². The molecule has 0 fully saturated rings. The molecule has 0 aliphatic carbocycles. The van der Waals surface area contributed by atoms with E-state index >= 15 is 0 Å². The number of carbonyl (C=O) groups is 1. The molecule has 0 saturated carbocycles. The highest BCUT2D eigenvalue weighted by molar-refractivity contribution is 5.82. The lowest BCUT2D eigenvalue weighted by Gasteiger charge is -2.29. The van der Waals surface area contributed by atoms with E-state index in [9.17, 15) is 26.7 Å². The van der Waals surface area contributed by atoms with Crippen LogP contribution in [0.1, 0.15) is 26.3 Å². The van der Waals surface area contributed by atoms with Crippen molar-refractivity contribution in [3.8, 4) is 0 Å². The Morgan fingerprint density at radius 3 is 2.20 bits per heavy atom. The summed E-state index contributed by atoms with van der Waals surface area (Å²) in [5.74, 6) is -8.10. The maximum atomic E-state index is 13.3. The molecule has 1 amide bonds. The summed E-state index contributed by atoms with van der Waals surface area (Å²) in [5, 5.41) is 2.05. The Morgan fingerprint density at radius 2 is 1.70 bits per heavy atom. The van der Waals surface area contributed by atoms with Crippen LogP contribution in [0.15, 0.2) is 12.1 Å². The quantitative estimate of drug-likeness (QED) is 0.669. The molecule has 0 heterocycles. The van der Waals surface area contributed by atoms with Gasteiger partial charge in [0.25, 0.3) is 5.92 Å². The number of alkyl halides is 2. The first-order chi connectivity index (χ1) is 8.96. The molecule has 2 nitrogen and oxygen atoms in total. The predicted molar refractivity (Wildman–Crippen MR) is 62.6 cm³/mol. The van der Waals surface area contributed by atoms with Gasteiger partial charge >= 0.3 is 0 Å². The fourth-order valence-electron chi connectivity index (χ4n) is 1.33. The molecule has 1 rings (SSSR count). The van der Waals surface area contributed by atoms with Gasteiger partial charge in [-0.2, -0.15) is 0 Å². The van der Waals surface area contributed by atoms with E-state index in [0.29, 0.717) is 19.1 Å². The summed E-state index contributed by atoms with van der Waals surface area (Å²) in [6.45, 7) is 2.03. The molecule has 0 unspecified atom stereocenters. The molecule has 7 heteroatoms. The van der Waals surface area contributed by atoms with Crippen molar-refractivity contribution in [3.05, 3.63) is 35.1 Å². The molecule has 1 N–H and O–H groups in total. The molecule has 0 spiro atoms. The third kappa shape index (κ3) is 3.26. The van der Waals surface area contributed by atoms with Crippen LogP contribution in [-0.2, 0) is 11.3 Å². The van der Waals surface area contributed by atoms with Crippen molar-refractivity contribution in [3.63, 3.8) is 0 Å². The van der Waals surface area contributed by atoms with E-state index in [1.54, 1.807) is 0 Å². The van der Waals surface area contributed by atoms with E-state index < -0.39 is 46.8 Å². The van der Waals surface area contributed by atoms with Crippen molar-refractivity contribution in [1.29, 1.82) is 0 Å². The van der Waals surface area contributed by atoms with Crippen LogP contribution in [0.25, 0.3) is 0 Å². The van der Waals surface area contributed by atoms with Crippen LogP contribution in [0.4, 0.5) is 22.0 Å². The van der Waals surface area contributed by atoms with Crippen molar-refractivity contribution in [2.24, 2.45) is 5.41 Å². The number of halogens is 5. The number of benzene rings is 1. The largest absolute Gasteiger partial charge is 0.351 e. The van der Waals surface area contributed by atoms with Gasteiger partial charge < -0.3 is 5.32 Å². The SMILES string of the molecule is CC(F)(F)C(C)(C)C(=O)NCc1cc(F)cc(F)c1F. The third-order valence-electron chi connectivity index (χ3n) is 3.17. The Morgan fingerprint density at radius 1 is 1.15 bits per heavy atom. The summed E-state index contributed by atoms with van der Waals surface area (Å²) in [5.41, 5.74) is -2.49. The Hall–Kier alpha value is -1.66. The van der Waals surface area contributed by atoms with Gasteiger partial charge in [-0.25, -0.2) is 22.0 Å². The maximum Gasteiger partial charge on any atom is 0.259 e. The topological polar surface area (TPSA) is 29.1 Å². The van der Waals surface area contributed by atoms with Crippen molar-refractivity contribution in [2.75, 3.05) is 0 Å². The Balaban J connectivity index is 2.86. The van der Waals surface area contributed by atoms with E-state index in [-0.39, 0.29) is 0 Å². The standard InChI is InChI=1S/C13H14F5NO/c1-12(2,13(3,17)18)11(20)19-6-7-4-8(14)5-9(15)10(7)16/h4-5H,6H2,1-3H3,(H,19,20). The summed E-state index contributed by atoms with van der Waals surface area (Å²) in [7, 11) is 0. The third-order valence-corrected chi connectivity index (χ3v) is 3.17. The lowest BCUT2D eigenvalue weighted by atomic mass is 9.85. The Kier molecular flexibility index (Phi) is 4.41. The lowest BCUT2D eigenvalue weighted by Crippen LogP contribution is -2.47. The van der Waals surface area contributed by atoms with Crippen LogP contribution in [-0.4, -0.2) is 11.8 Å². The number of amides is 1. The summed E-state index contributed by atoms with van der Waals surface area (Å²) >= 11 is 0. The van der Waals surface area contributed by atoms with Crippen molar-refractivity contribution in [1.82, 2.24) is 5.32 Å². The molecule has 0 bridgehead atoms. The molecule has 1 aromatic rings. The van der Waals surface area contributed by atoms with Gasteiger partial charge in [-0.3, -0.25) is 4.79 Å². The molecule has 0 aromatic heterocycles. The van der Waals surface area contributed by atoms with Crippen LogP contribution in [0.5, 0.6) is 0 Å². The van der Waals surface area contributed by atoms with Crippen LogP contribution >= 0.6 is 0 Å². The van der Waals surface area contributed by atoms with E-state index in [4.69, 9.17) is 0 Å². The zero-order valence-corrected chi connectivity index (χ0v) is 11.2. The van der Waals surface area contributed by atoms with E-state index in [1.165, 1.54) is 0 Å². The molecule has 20 heavy (non-hydrogen) atoms. The van der Waals surface area contributed by atoms with Gasteiger partial charge in [0, 0.05) is 25.1 Å². The molecule has 0 aliphatic heterocycles. The molecule has 0 atom stereocenters. The summed E-state index contributed by atoms with van der Waals surface area (Å²) in [4.78, 5) is 11.7. The van der Waals surface area contributed by atoms with Crippen LogP contribution in [0.3, 0.4) is 0 Å². The predicted octanol–water partition coefficient (Wildman–Crippen LogP) is 3.40. The van der Waals surface area contributed by atoms with Gasteiger partial charge in [0.1, 0.15) is 11.2 Å². The second-order valence-corrected chi connectivity index (χ2v) is 5.06. The second kappa shape index (κ2) is 5.38. The van der Waals surface area contributed by atoms with Gasteiger partial charge in [-0.15, -0.1) is 0 Å². The normalized spacial score (nSPS) is 12.4. The Labute approximate surface area is 113 Å². The van der Waals surface area contributed by atoms with Gasteiger partial charge in [0.2, 0.25) is 5.91 Å². The number of hydrogen-bond acceptors (Lipinski definition) is 1. The highest BCUT2D eigenvalue weighted by atomic mass is 19.3. The lowest BCUT2D eigenvalue weighted by molar-refractivity contribution is -0.151. The molecule has 0 aliphatic rings. The molecule has 1 aromatic carbocycles. The summed E-state index contributed by atoms with van der Waals surface area (Å²) < 4.78 is 65.6. The van der Waals surface area contributed by atoms with Crippen LogP contribution in [0, 0.1) is 22.9 Å². The molecule has 0 radical (unpaired) electrons. The summed E-state index contributed by atoms with van der Waals surface area (Å²) in [6, 6.07) is 1.04. The maximum absolute atomic E-state index is 13.3. The Bertz CT molecular complexity index is 522. The zero-order chi connectivity index (χ0) is 15.7.